The Kier molecular flexibility index (Phi) is 7.36. The number of hydrogen-bond acceptors (Lipinski definition) is 4. The van der Waals surface area contributed by atoms with E-state index in [-0.39, 0.29) is 23.0 Å². The summed E-state index contributed by atoms with van der Waals surface area (Å²) in [5.74, 6) is -0.360. The summed E-state index contributed by atoms with van der Waals surface area (Å²) in [5, 5.41) is 0.140. The van der Waals surface area contributed by atoms with Gasteiger partial charge >= 0.3 is 0 Å². The third-order valence-electron chi connectivity index (χ3n) is 5.17. The fourth-order valence-electron chi connectivity index (χ4n) is 3.32. The number of nitrogens with zero attached hydrogens (tertiary/aromatic N) is 2. The van der Waals surface area contributed by atoms with Gasteiger partial charge in [0.1, 0.15) is 5.78 Å². The van der Waals surface area contributed by atoms with Crippen molar-refractivity contribution in [1.82, 2.24) is 0 Å². The van der Waals surface area contributed by atoms with E-state index < -0.39 is 0 Å². The van der Waals surface area contributed by atoms with Crippen LogP contribution in [-0.4, -0.2) is 29.9 Å². The summed E-state index contributed by atoms with van der Waals surface area (Å²) >= 11 is 6.22. The number of ketones is 2. The average molecular weight is 401 g/mol. The van der Waals surface area contributed by atoms with Crippen LogP contribution in [0.2, 0.25) is 0 Å². The third kappa shape index (κ3) is 4.79. The number of allylic oxidation sites excluding steroid dienone is 4. The number of halogens is 1. The van der Waals surface area contributed by atoms with Gasteiger partial charge in [-0.3, -0.25) is 9.59 Å². The summed E-state index contributed by atoms with van der Waals surface area (Å²) in [4.78, 5) is 30.9. The van der Waals surface area contributed by atoms with E-state index in [0.717, 1.165) is 24.2 Å². The lowest BCUT2D eigenvalue weighted by atomic mass is 9.94. The smallest absolute Gasteiger partial charge is 0.201 e. The Hall–Kier alpha value is -2.20. The topological polar surface area (TPSA) is 49.7 Å². The molecule has 0 N–H and O–H groups in total. The van der Waals surface area contributed by atoms with Crippen molar-refractivity contribution in [3.05, 3.63) is 46.0 Å². The van der Waals surface area contributed by atoms with Crippen molar-refractivity contribution >= 4 is 40.3 Å². The van der Waals surface area contributed by atoms with Gasteiger partial charge in [0.2, 0.25) is 5.78 Å². The lowest BCUT2D eigenvalue weighted by molar-refractivity contribution is -0.118. The second-order valence-electron chi connectivity index (χ2n) is 7.33. The zero-order chi connectivity index (χ0) is 21.0. The maximum atomic E-state index is 12.3. The van der Waals surface area contributed by atoms with Crippen LogP contribution in [0.4, 0.5) is 11.4 Å². The van der Waals surface area contributed by atoms with Gasteiger partial charge in [0.25, 0.3) is 0 Å². The molecule has 0 aliphatic heterocycles. The van der Waals surface area contributed by atoms with Crippen LogP contribution in [0.5, 0.6) is 0 Å². The molecule has 1 atom stereocenters. The summed E-state index contributed by atoms with van der Waals surface area (Å²) in [6, 6.07) is 6.69. The van der Waals surface area contributed by atoms with E-state index in [0.29, 0.717) is 22.9 Å². The molecular weight excluding hydrogens is 372 g/mol. The quantitative estimate of drug-likeness (QED) is 0.552. The molecule has 1 aliphatic rings. The molecule has 1 aliphatic carbocycles. The summed E-state index contributed by atoms with van der Waals surface area (Å²) in [5.41, 5.74) is 4.72. The maximum Gasteiger partial charge on any atom is 0.201 e. The lowest BCUT2D eigenvalue weighted by Crippen LogP contribution is -2.32. The van der Waals surface area contributed by atoms with Crippen LogP contribution in [0.1, 0.15) is 53.0 Å². The highest BCUT2D eigenvalue weighted by Crippen LogP contribution is 2.30. The fourth-order valence-corrected chi connectivity index (χ4v) is 3.54. The molecule has 0 spiro atoms. The minimum absolute atomic E-state index is 0.0691. The molecule has 1 aromatic rings. The number of hydrogen-bond donors (Lipinski definition) is 0. The second kappa shape index (κ2) is 9.33. The Balaban J connectivity index is 2.44. The number of rotatable bonds is 7. The molecule has 2 rings (SSSR count). The first-order valence-electron chi connectivity index (χ1n) is 9.76. The van der Waals surface area contributed by atoms with Gasteiger partial charge in [-0.1, -0.05) is 18.5 Å². The molecule has 0 radical (unpaired) electrons. The first-order valence-corrected chi connectivity index (χ1v) is 10.1. The molecule has 0 bridgehead atoms. The second-order valence-corrected chi connectivity index (χ2v) is 7.71. The Morgan fingerprint density at radius 2 is 1.93 bits per heavy atom. The molecule has 0 fully saturated rings. The molecule has 0 aromatic heterocycles. The standard InChI is InChI=1S/C23H29ClN2O2/c1-7-15(4)26(8-2)19-9-10-20(14(3)11-19)25-21-13-18(12-16(5)27)23(28)22(24)17(21)6/h9-11,13,15H,7-8,12H2,1-6H3. The van der Waals surface area contributed by atoms with Crippen LogP contribution in [0, 0.1) is 6.92 Å². The molecule has 0 saturated heterocycles. The van der Waals surface area contributed by atoms with E-state index in [1.165, 1.54) is 12.6 Å². The Bertz CT molecular complexity index is 881. The van der Waals surface area contributed by atoms with Crippen LogP contribution in [0.3, 0.4) is 0 Å². The SMILES string of the molecule is CCC(C)N(CC)c1ccc(N=C2C=C(CC(C)=O)C(=O)C(Cl)=C2C)c(C)c1. The fraction of sp³-hybridized carbons (Fsp3) is 0.435. The number of aliphatic imine (C=N–C) groups is 1. The van der Waals surface area contributed by atoms with Gasteiger partial charge < -0.3 is 4.90 Å². The Morgan fingerprint density at radius 1 is 1.25 bits per heavy atom. The Labute approximate surface area is 173 Å². The molecule has 0 saturated carbocycles. The number of anilines is 1. The maximum absolute atomic E-state index is 12.3. The number of aryl methyl sites for hydroxylation is 1. The zero-order valence-corrected chi connectivity index (χ0v) is 18.4. The zero-order valence-electron chi connectivity index (χ0n) is 17.6. The lowest BCUT2D eigenvalue weighted by Gasteiger charge is -2.30. The van der Waals surface area contributed by atoms with Crippen molar-refractivity contribution in [1.29, 1.82) is 0 Å². The van der Waals surface area contributed by atoms with Crippen LogP contribution in [0.25, 0.3) is 0 Å². The van der Waals surface area contributed by atoms with E-state index in [4.69, 9.17) is 16.6 Å². The number of carbonyl (C=O) groups is 2. The average Bonchev–Trinajstić information content (AvgIpc) is 2.65. The van der Waals surface area contributed by atoms with Gasteiger partial charge in [0.15, 0.2) is 0 Å². The number of benzene rings is 1. The largest absolute Gasteiger partial charge is 0.369 e. The van der Waals surface area contributed by atoms with E-state index in [9.17, 15) is 9.59 Å². The minimum Gasteiger partial charge on any atom is -0.369 e. The summed E-state index contributed by atoms with van der Waals surface area (Å²) in [7, 11) is 0. The van der Waals surface area contributed by atoms with E-state index in [1.807, 2.05) is 13.0 Å². The van der Waals surface area contributed by atoms with Gasteiger partial charge in [-0.2, -0.15) is 0 Å². The van der Waals surface area contributed by atoms with Gasteiger partial charge in [0.05, 0.1) is 16.4 Å². The van der Waals surface area contributed by atoms with Gasteiger partial charge in [-0.15, -0.1) is 0 Å². The van der Waals surface area contributed by atoms with Crippen LogP contribution in [0.15, 0.2) is 45.4 Å². The van der Waals surface area contributed by atoms with Crippen molar-refractivity contribution in [3.63, 3.8) is 0 Å². The molecule has 1 unspecified atom stereocenters. The van der Waals surface area contributed by atoms with E-state index >= 15 is 0 Å². The molecule has 4 nitrogen and oxygen atoms in total. The molecule has 28 heavy (non-hydrogen) atoms. The highest BCUT2D eigenvalue weighted by Gasteiger charge is 2.24. The highest BCUT2D eigenvalue weighted by atomic mass is 35.5. The van der Waals surface area contributed by atoms with Crippen LogP contribution >= 0.6 is 11.6 Å². The first-order chi connectivity index (χ1) is 13.2. The molecule has 5 heteroatoms. The summed E-state index contributed by atoms with van der Waals surface area (Å²) < 4.78 is 0. The number of Topliss-reactive ketones (excluding diaryl/α,β-unsaturated/α-hetero) is 2. The summed E-state index contributed by atoms with van der Waals surface area (Å²) in [6.07, 6.45) is 2.84. The predicted molar refractivity (Wildman–Crippen MR) is 118 cm³/mol. The van der Waals surface area contributed by atoms with Crippen molar-refractivity contribution in [2.75, 3.05) is 11.4 Å². The molecular formula is C23H29ClN2O2. The molecule has 1 aromatic carbocycles. The molecule has 0 amide bonds. The van der Waals surface area contributed by atoms with Crippen molar-refractivity contribution in [3.8, 4) is 0 Å². The molecule has 0 heterocycles. The van der Waals surface area contributed by atoms with Gasteiger partial charge in [-0.05, 0) is 76.5 Å². The summed E-state index contributed by atoms with van der Waals surface area (Å²) in [6.45, 7) is 12.8. The minimum atomic E-state index is -0.285. The third-order valence-corrected chi connectivity index (χ3v) is 5.63. The van der Waals surface area contributed by atoms with Gasteiger partial charge in [0, 0.05) is 30.3 Å². The van der Waals surface area contributed by atoms with Crippen molar-refractivity contribution in [2.45, 2.75) is 60.4 Å². The normalized spacial score (nSPS) is 17.0. The van der Waals surface area contributed by atoms with Crippen molar-refractivity contribution < 1.29 is 9.59 Å². The van der Waals surface area contributed by atoms with Crippen molar-refractivity contribution in [2.24, 2.45) is 4.99 Å². The van der Waals surface area contributed by atoms with E-state index in [1.54, 1.807) is 13.0 Å². The first kappa shape index (κ1) is 22.1. The van der Waals surface area contributed by atoms with Crippen LogP contribution in [-0.2, 0) is 9.59 Å². The molecule has 150 valence electrons. The Morgan fingerprint density at radius 3 is 2.46 bits per heavy atom. The monoisotopic (exact) mass is 400 g/mol. The highest BCUT2D eigenvalue weighted by molar-refractivity contribution is 6.49. The predicted octanol–water partition coefficient (Wildman–Crippen LogP) is 5.69. The van der Waals surface area contributed by atoms with Gasteiger partial charge in [-0.25, -0.2) is 4.99 Å². The number of carbonyl (C=O) groups excluding carboxylic acids is 2. The van der Waals surface area contributed by atoms with Crippen LogP contribution < -0.4 is 4.90 Å². The van der Waals surface area contributed by atoms with E-state index in [2.05, 4.69) is 37.8 Å².